The monoisotopic (exact) mass is 108 g/mol. The van der Waals surface area contributed by atoms with E-state index in [2.05, 4.69) is 4.74 Å². The molecule has 0 radical (unpaired) electrons. The van der Waals surface area contributed by atoms with Gasteiger partial charge in [-0.1, -0.05) is 0 Å². The molecular weight excluding hydrogens is 96.1 g/mol. The van der Waals surface area contributed by atoms with E-state index in [-0.39, 0.29) is 0 Å². The van der Waals surface area contributed by atoms with Crippen LogP contribution in [-0.2, 0) is 4.74 Å². The van der Waals surface area contributed by atoms with Crippen molar-refractivity contribution in [1.82, 2.24) is 0 Å². The lowest BCUT2D eigenvalue weighted by molar-refractivity contribution is 0.277. The lowest BCUT2D eigenvalue weighted by Gasteiger charge is -1.61. The Morgan fingerprint density at radius 3 is 1.17 bits per heavy atom. The van der Waals surface area contributed by atoms with E-state index in [1.165, 1.54) is 0 Å². The van der Waals surface area contributed by atoms with E-state index in [4.69, 9.17) is 0 Å². The Hall–Kier alpha value is 0.310. The van der Waals surface area contributed by atoms with Crippen LogP contribution in [0.2, 0.25) is 0 Å². The van der Waals surface area contributed by atoms with Gasteiger partial charge in [-0.15, -0.1) is 0 Å². The molecule has 0 saturated carbocycles. The van der Waals surface area contributed by atoms with Crippen LogP contribution in [0, 0.1) is 0 Å². The molecule has 0 bridgehead atoms. The van der Waals surface area contributed by atoms with Crippen molar-refractivity contribution in [2.45, 2.75) is 0 Å². The molecule has 0 N–H and O–H groups in total. The summed E-state index contributed by atoms with van der Waals surface area (Å²) in [5.74, 6) is 0. The summed E-state index contributed by atoms with van der Waals surface area (Å²) in [4.78, 5) is 0. The van der Waals surface area contributed by atoms with Crippen LogP contribution in [0.25, 0.3) is 0 Å². The molecule has 0 aromatic heterocycles. The zero-order valence-electron chi connectivity index (χ0n) is 4.82. The Morgan fingerprint density at radius 1 is 1.17 bits per heavy atom. The molecule has 0 unspecified atom stereocenters. The maximum Gasteiger partial charge on any atom is 0.0351 e. The summed E-state index contributed by atoms with van der Waals surface area (Å²) in [6, 6.07) is 0. The minimum atomic E-state index is 1.62. The van der Waals surface area contributed by atoms with Gasteiger partial charge in [0.25, 0.3) is 0 Å². The smallest absolute Gasteiger partial charge is 0.0351 e. The van der Waals surface area contributed by atoms with Crippen molar-refractivity contribution in [3.63, 3.8) is 0 Å². The number of ether oxygens (including phenoxy) is 1. The first-order chi connectivity index (χ1) is 2.83. The average Bonchev–Trinajstić information content (AvgIpc) is 1.39. The highest BCUT2D eigenvalue weighted by Crippen LogP contribution is 1.70. The van der Waals surface area contributed by atoms with Gasteiger partial charge < -0.3 is 4.74 Å². The predicted molar refractivity (Wildman–Crippen MR) is 32.4 cm³/mol. The Morgan fingerprint density at radius 2 is 1.17 bits per heavy atom. The number of rotatable bonds is 0. The quantitative estimate of drug-likeness (QED) is 0.462. The van der Waals surface area contributed by atoms with Crippen molar-refractivity contribution in [2.24, 2.45) is 0 Å². The van der Waals surface area contributed by atoms with Crippen molar-refractivity contribution in [2.75, 3.05) is 26.7 Å². The highest BCUT2D eigenvalue weighted by molar-refractivity contribution is 7.97. The fourth-order valence-corrected chi connectivity index (χ4v) is 0. The van der Waals surface area contributed by atoms with Crippen molar-refractivity contribution < 1.29 is 4.74 Å². The molecular formula is C4H12OS. The van der Waals surface area contributed by atoms with Crippen molar-refractivity contribution in [3.8, 4) is 0 Å². The van der Waals surface area contributed by atoms with Crippen LogP contribution < -0.4 is 0 Å². The fourth-order valence-electron chi connectivity index (χ4n) is 0. The average molecular weight is 108 g/mol. The van der Waals surface area contributed by atoms with Crippen LogP contribution in [0.5, 0.6) is 0 Å². The third-order valence-corrected chi connectivity index (χ3v) is 0. The molecule has 0 heterocycles. The molecule has 0 aliphatic heterocycles. The van der Waals surface area contributed by atoms with Crippen LogP contribution in [0.4, 0.5) is 0 Å². The minimum absolute atomic E-state index is 1.62. The highest BCUT2D eigenvalue weighted by atomic mass is 32.2. The molecule has 6 heavy (non-hydrogen) atoms. The summed E-state index contributed by atoms with van der Waals surface area (Å²) >= 11 is 1.75. The van der Waals surface area contributed by atoms with Gasteiger partial charge in [0.1, 0.15) is 0 Å². The molecule has 0 amide bonds. The Balaban J connectivity index is 0. The third-order valence-electron chi connectivity index (χ3n) is 0. The van der Waals surface area contributed by atoms with Gasteiger partial charge in [-0.3, -0.25) is 0 Å². The SMILES string of the molecule is COC.CSC. The van der Waals surface area contributed by atoms with Gasteiger partial charge in [0, 0.05) is 14.2 Å². The number of thioether (sulfide) groups is 1. The Kier molecular flexibility index (Phi) is 29.5. The van der Waals surface area contributed by atoms with Gasteiger partial charge in [0.05, 0.1) is 0 Å². The topological polar surface area (TPSA) is 9.23 Å². The van der Waals surface area contributed by atoms with Gasteiger partial charge in [0.2, 0.25) is 0 Å². The maximum absolute atomic E-state index is 4.25. The van der Waals surface area contributed by atoms with E-state index >= 15 is 0 Å². The Bertz CT molecular complexity index is 9.51. The fraction of sp³-hybridized carbons (Fsp3) is 1.00. The van der Waals surface area contributed by atoms with E-state index in [9.17, 15) is 0 Å². The van der Waals surface area contributed by atoms with E-state index in [0.717, 1.165) is 0 Å². The van der Waals surface area contributed by atoms with Crippen LogP contribution in [0.15, 0.2) is 0 Å². The summed E-state index contributed by atoms with van der Waals surface area (Å²) < 4.78 is 4.25. The molecule has 0 aliphatic rings. The van der Waals surface area contributed by atoms with E-state index in [1.54, 1.807) is 26.0 Å². The lowest BCUT2D eigenvalue weighted by Crippen LogP contribution is -1.55. The van der Waals surface area contributed by atoms with Crippen molar-refractivity contribution in [1.29, 1.82) is 0 Å². The molecule has 0 saturated heterocycles. The summed E-state index contributed by atoms with van der Waals surface area (Å²) in [6.07, 6.45) is 4.08. The van der Waals surface area contributed by atoms with E-state index < -0.39 is 0 Å². The summed E-state index contributed by atoms with van der Waals surface area (Å²) in [6.45, 7) is 0. The van der Waals surface area contributed by atoms with Crippen LogP contribution in [-0.4, -0.2) is 26.7 Å². The molecule has 2 heteroatoms. The third kappa shape index (κ3) is 491. The number of hydrogen-bond donors (Lipinski definition) is 0. The second-order valence-electron chi connectivity index (χ2n) is 0.816. The lowest BCUT2D eigenvalue weighted by atomic mass is 11.6. The normalized spacial score (nSPS) is 6.00. The molecule has 0 atom stereocenters. The minimum Gasteiger partial charge on any atom is -0.388 e. The van der Waals surface area contributed by atoms with Gasteiger partial charge in [-0.25, -0.2) is 0 Å². The molecule has 0 aromatic carbocycles. The van der Waals surface area contributed by atoms with E-state index in [1.807, 2.05) is 12.5 Å². The van der Waals surface area contributed by atoms with Gasteiger partial charge >= 0.3 is 0 Å². The van der Waals surface area contributed by atoms with Crippen LogP contribution in [0.3, 0.4) is 0 Å². The maximum atomic E-state index is 4.25. The van der Waals surface area contributed by atoms with Crippen LogP contribution >= 0.6 is 11.8 Å². The first-order valence-electron chi connectivity index (χ1n) is 1.63. The molecule has 0 rings (SSSR count). The van der Waals surface area contributed by atoms with Gasteiger partial charge in [-0.2, -0.15) is 11.8 Å². The number of hydrogen-bond acceptors (Lipinski definition) is 2. The highest BCUT2D eigenvalue weighted by Gasteiger charge is 1.32. The zero-order chi connectivity index (χ0) is 5.41. The summed E-state index contributed by atoms with van der Waals surface area (Å²) in [7, 11) is 3.25. The summed E-state index contributed by atoms with van der Waals surface area (Å²) in [5.41, 5.74) is 0. The molecule has 0 aromatic rings. The summed E-state index contributed by atoms with van der Waals surface area (Å²) in [5, 5.41) is 0. The first-order valence-corrected chi connectivity index (χ1v) is 3.27. The molecule has 0 aliphatic carbocycles. The second kappa shape index (κ2) is 18.5. The molecule has 1 nitrogen and oxygen atoms in total. The van der Waals surface area contributed by atoms with Gasteiger partial charge in [0.15, 0.2) is 0 Å². The standard InChI is InChI=1S/C2H6O.C2H6S/c2*1-3-2/h2*1-2H3. The Labute approximate surface area is 44.1 Å². The molecule has 40 valence electrons. The first kappa shape index (κ1) is 9.58. The zero-order valence-corrected chi connectivity index (χ0v) is 5.63. The van der Waals surface area contributed by atoms with E-state index in [0.29, 0.717) is 0 Å². The second-order valence-corrected chi connectivity index (χ2v) is 1.63. The van der Waals surface area contributed by atoms with Crippen molar-refractivity contribution in [3.05, 3.63) is 0 Å². The largest absolute Gasteiger partial charge is 0.388 e. The molecule has 0 spiro atoms. The number of methoxy groups -OCH3 is 1. The van der Waals surface area contributed by atoms with Crippen molar-refractivity contribution >= 4 is 11.8 Å². The predicted octanol–water partition coefficient (Wildman–Crippen LogP) is 1.24. The van der Waals surface area contributed by atoms with Gasteiger partial charge in [-0.05, 0) is 12.5 Å². The van der Waals surface area contributed by atoms with Crippen LogP contribution in [0.1, 0.15) is 0 Å². The molecule has 0 fully saturated rings.